The van der Waals surface area contributed by atoms with Crippen LogP contribution in [0.25, 0.3) is 0 Å². The number of rotatable bonds is 4. The minimum atomic E-state index is -0.818. The van der Waals surface area contributed by atoms with E-state index >= 15 is 0 Å². The first-order chi connectivity index (χ1) is 12.3. The third-order valence-corrected chi connectivity index (χ3v) is 5.37. The maximum Gasteiger partial charge on any atom is 0.222 e. The monoisotopic (exact) mass is 338 g/mol. The molecular formula is C21H26N2O2. The van der Waals surface area contributed by atoms with Crippen molar-refractivity contribution in [2.75, 3.05) is 20.2 Å². The second-order valence-corrected chi connectivity index (χ2v) is 6.89. The molecule has 3 atom stereocenters. The Morgan fingerprint density at radius 2 is 1.64 bits per heavy atom. The highest BCUT2D eigenvalue weighted by Crippen LogP contribution is 2.41. The van der Waals surface area contributed by atoms with Gasteiger partial charge in [0, 0.05) is 23.2 Å². The summed E-state index contributed by atoms with van der Waals surface area (Å²) in [6.07, 6.45) is 2.25. The summed E-state index contributed by atoms with van der Waals surface area (Å²) in [5, 5.41) is 7.03. The van der Waals surface area contributed by atoms with Crippen molar-refractivity contribution in [3.63, 3.8) is 0 Å². The summed E-state index contributed by atoms with van der Waals surface area (Å²) in [4.78, 5) is 0. The van der Waals surface area contributed by atoms with E-state index in [1.807, 2.05) is 43.4 Å². The molecule has 2 N–H and O–H groups in total. The molecule has 2 saturated heterocycles. The van der Waals surface area contributed by atoms with Crippen LogP contribution in [-0.2, 0) is 15.3 Å². The van der Waals surface area contributed by atoms with Crippen LogP contribution in [0.2, 0.25) is 0 Å². The summed E-state index contributed by atoms with van der Waals surface area (Å²) in [5.74, 6) is -0.818. The number of benzene rings is 2. The van der Waals surface area contributed by atoms with Gasteiger partial charge in [0.2, 0.25) is 5.79 Å². The number of ether oxygens (including phenoxy) is 2. The van der Waals surface area contributed by atoms with Crippen molar-refractivity contribution in [1.29, 1.82) is 0 Å². The lowest BCUT2D eigenvalue weighted by molar-refractivity contribution is -0.146. The molecule has 0 spiro atoms. The highest BCUT2D eigenvalue weighted by Gasteiger charge is 2.47. The van der Waals surface area contributed by atoms with E-state index in [0.29, 0.717) is 18.7 Å². The van der Waals surface area contributed by atoms with Crippen molar-refractivity contribution in [3.05, 3.63) is 71.8 Å². The highest BCUT2D eigenvalue weighted by molar-refractivity contribution is 5.34. The van der Waals surface area contributed by atoms with Gasteiger partial charge in [-0.05, 0) is 26.4 Å². The van der Waals surface area contributed by atoms with Crippen LogP contribution < -0.4 is 10.6 Å². The van der Waals surface area contributed by atoms with Crippen LogP contribution in [0.5, 0.6) is 0 Å². The van der Waals surface area contributed by atoms with Gasteiger partial charge in [-0.1, -0.05) is 60.7 Å². The fourth-order valence-corrected chi connectivity index (χ4v) is 3.96. The van der Waals surface area contributed by atoms with E-state index in [0.717, 1.165) is 30.5 Å². The summed E-state index contributed by atoms with van der Waals surface area (Å²) >= 11 is 0. The SMILES string of the molecule is CN[C@@H]1CCN[C@H]([C@@H]2COC(c3ccccc3)(c3ccccc3)O2)C1. The largest absolute Gasteiger partial charge is 0.339 e. The Bertz CT molecular complexity index is 637. The number of hydrogen-bond acceptors (Lipinski definition) is 4. The van der Waals surface area contributed by atoms with Crippen molar-refractivity contribution in [2.24, 2.45) is 0 Å². The molecule has 0 amide bonds. The van der Waals surface area contributed by atoms with Gasteiger partial charge in [-0.3, -0.25) is 0 Å². The van der Waals surface area contributed by atoms with Gasteiger partial charge in [0.1, 0.15) is 6.10 Å². The number of hydrogen-bond donors (Lipinski definition) is 2. The normalized spacial score (nSPS) is 28.8. The number of nitrogens with one attached hydrogen (secondary N) is 2. The van der Waals surface area contributed by atoms with Crippen LogP contribution >= 0.6 is 0 Å². The quantitative estimate of drug-likeness (QED) is 0.899. The second kappa shape index (κ2) is 7.26. The zero-order valence-electron chi connectivity index (χ0n) is 14.7. The Hall–Kier alpha value is -1.72. The van der Waals surface area contributed by atoms with Gasteiger partial charge in [0.05, 0.1) is 6.61 Å². The van der Waals surface area contributed by atoms with Crippen molar-refractivity contribution < 1.29 is 9.47 Å². The minimum absolute atomic E-state index is 0.0385. The Balaban J connectivity index is 1.63. The van der Waals surface area contributed by atoms with Gasteiger partial charge in [-0.25, -0.2) is 0 Å². The maximum atomic E-state index is 6.64. The zero-order chi connectivity index (χ0) is 17.1. The van der Waals surface area contributed by atoms with Crippen molar-refractivity contribution in [3.8, 4) is 0 Å². The predicted octanol–water partition coefficient (Wildman–Crippen LogP) is 2.64. The standard InChI is InChI=1S/C21H26N2O2/c1-22-18-12-13-23-19(14-18)20-15-24-21(25-20,16-8-4-2-5-9-16)17-10-6-3-7-11-17/h2-11,18-20,22-23H,12-15H2,1H3/t18-,19+,20+/m1/s1. The van der Waals surface area contributed by atoms with Crippen LogP contribution in [0.4, 0.5) is 0 Å². The first-order valence-corrected chi connectivity index (χ1v) is 9.15. The summed E-state index contributed by atoms with van der Waals surface area (Å²) in [7, 11) is 2.04. The van der Waals surface area contributed by atoms with Gasteiger partial charge in [-0.2, -0.15) is 0 Å². The molecular weight excluding hydrogens is 312 g/mol. The van der Waals surface area contributed by atoms with Crippen molar-refractivity contribution >= 4 is 0 Å². The van der Waals surface area contributed by atoms with Gasteiger partial charge in [0.15, 0.2) is 0 Å². The van der Waals surface area contributed by atoms with Gasteiger partial charge in [-0.15, -0.1) is 0 Å². The van der Waals surface area contributed by atoms with Crippen LogP contribution in [0.3, 0.4) is 0 Å². The average Bonchev–Trinajstić information content (AvgIpc) is 3.16. The van der Waals surface area contributed by atoms with Crippen molar-refractivity contribution in [2.45, 2.75) is 36.8 Å². The number of piperidine rings is 1. The van der Waals surface area contributed by atoms with Crippen LogP contribution in [-0.4, -0.2) is 38.4 Å². The second-order valence-electron chi connectivity index (χ2n) is 6.89. The zero-order valence-corrected chi connectivity index (χ0v) is 14.7. The molecule has 2 aliphatic rings. The fraction of sp³-hybridized carbons (Fsp3) is 0.429. The van der Waals surface area contributed by atoms with Gasteiger partial charge >= 0.3 is 0 Å². The van der Waals surface area contributed by atoms with E-state index in [-0.39, 0.29) is 6.10 Å². The van der Waals surface area contributed by atoms with E-state index in [1.54, 1.807) is 0 Å². The molecule has 4 nitrogen and oxygen atoms in total. The molecule has 4 rings (SSSR count). The Labute approximate surface area is 149 Å². The molecule has 2 aromatic carbocycles. The molecule has 2 heterocycles. The molecule has 4 heteroatoms. The predicted molar refractivity (Wildman–Crippen MR) is 98.4 cm³/mol. The Kier molecular flexibility index (Phi) is 4.86. The average molecular weight is 338 g/mol. The lowest BCUT2D eigenvalue weighted by Gasteiger charge is -2.34. The van der Waals surface area contributed by atoms with E-state index in [9.17, 15) is 0 Å². The maximum absolute atomic E-state index is 6.64. The van der Waals surface area contributed by atoms with E-state index in [2.05, 4.69) is 34.9 Å². The van der Waals surface area contributed by atoms with Gasteiger partial charge in [0.25, 0.3) is 0 Å². The molecule has 0 radical (unpaired) electrons. The summed E-state index contributed by atoms with van der Waals surface area (Å²) in [6.45, 7) is 1.61. The van der Waals surface area contributed by atoms with E-state index in [4.69, 9.17) is 9.47 Å². The molecule has 0 aromatic heterocycles. The summed E-state index contributed by atoms with van der Waals surface area (Å²) in [5.41, 5.74) is 2.09. The molecule has 0 saturated carbocycles. The molecule has 2 aliphatic heterocycles. The first kappa shape index (κ1) is 16.7. The lowest BCUT2D eigenvalue weighted by atomic mass is 9.95. The smallest absolute Gasteiger partial charge is 0.222 e. The van der Waals surface area contributed by atoms with Crippen LogP contribution in [0.15, 0.2) is 60.7 Å². The minimum Gasteiger partial charge on any atom is -0.339 e. The Morgan fingerprint density at radius 3 is 2.24 bits per heavy atom. The molecule has 25 heavy (non-hydrogen) atoms. The fourth-order valence-electron chi connectivity index (χ4n) is 3.96. The van der Waals surface area contributed by atoms with E-state index in [1.165, 1.54) is 0 Å². The molecule has 0 unspecified atom stereocenters. The molecule has 0 aliphatic carbocycles. The molecule has 2 aromatic rings. The topological polar surface area (TPSA) is 42.5 Å². The molecule has 0 bridgehead atoms. The summed E-state index contributed by atoms with van der Waals surface area (Å²) < 4.78 is 13.0. The Morgan fingerprint density at radius 1 is 1.00 bits per heavy atom. The van der Waals surface area contributed by atoms with Crippen molar-refractivity contribution in [1.82, 2.24) is 10.6 Å². The third kappa shape index (κ3) is 3.23. The van der Waals surface area contributed by atoms with Crippen LogP contribution in [0, 0.1) is 0 Å². The molecule has 132 valence electrons. The first-order valence-electron chi connectivity index (χ1n) is 9.15. The van der Waals surface area contributed by atoms with Crippen LogP contribution in [0.1, 0.15) is 24.0 Å². The van der Waals surface area contributed by atoms with E-state index < -0.39 is 5.79 Å². The molecule has 2 fully saturated rings. The summed E-state index contributed by atoms with van der Waals surface area (Å²) in [6, 6.07) is 21.4. The lowest BCUT2D eigenvalue weighted by Crippen LogP contribution is -2.51. The third-order valence-electron chi connectivity index (χ3n) is 5.37. The highest BCUT2D eigenvalue weighted by atomic mass is 16.7. The van der Waals surface area contributed by atoms with Gasteiger partial charge < -0.3 is 20.1 Å².